The summed E-state index contributed by atoms with van der Waals surface area (Å²) in [5.41, 5.74) is 6.01. The molecule has 0 saturated heterocycles. The third-order valence-corrected chi connectivity index (χ3v) is 12.6. The Morgan fingerprint density at radius 1 is 1.08 bits per heavy atom. The summed E-state index contributed by atoms with van der Waals surface area (Å²) < 4.78 is 37.0. The molecule has 1 aromatic heterocycles. The van der Waals surface area contributed by atoms with Crippen molar-refractivity contribution in [3.05, 3.63) is 46.2 Å². The number of amides is 2. The average Bonchev–Trinajstić information content (AvgIpc) is 3.62. The van der Waals surface area contributed by atoms with Gasteiger partial charge < -0.3 is 19.1 Å². The number of nitrogens with zero attached hydrogens (tertiary/aromatic N) is 5. The van der Waals surface area contributed by atoms with Crippen LogP contribution in [0, 0.1) is 17.8 Å². The molecule has 2 amide bonds. The fourth-order valence-corrected chi connectivity index (χ4v) is 9.37. The van der Waals surface area contributed by atoms with Gasteiger partial charge in [-0.1, -0.05) is 37.8 Å². The minimum atomic E-state index is -4.04. The van der Waals surface area contributed by atoms with Gasteiger partial charge >= 0.3 is 10.2 Å². The number of ether oxygens (including phenoxy) is 1. The molecule has 3 heterocycles. The molecule has 2 aromatic rings. The largest absolute Gasteiger partial charge is 0.496 e. The number of methoxy groups -OCH3 is 1. The van der Waals surface area contributed by atoms with Gasteiger partial charge in [0.1, 0.15) is 5.75 Å². The zero-order valence-corrected chi connectivity index (χ0v) is 31.0. The van der Waals surface area contributed by atoms with Crippen LogP contribution in [-0.2, 0) is 19.8 Å². The van der Waals surface area contributed by atoms with Crippen molar-refractivity contribution >= 4 is 45.3 Å². The number of aromatic nitrogens is 1. The van der Waals surface area contributed by atoms with Gasteiger partial charge in [-0.3, -0.25) is 14.6 Å². The molecule has 6 rings (SSSR count). The standard InChI is InChI=1S/C37H52N6O5S/c1-22(20-40(2)3)25-16-27-26(17-28(25)37(45)41(4)5)30-19-38-34(36(44)39-49(46,47)42(6)7)31(30)21-43-32(27)18-29-33(48-8)15-14-24(35(29)43)23-12-10-9-11-13-23/h14-15,18-19,21-23,25,27-28,34H,9-13,16-17,20H2,1-8H3,(H,39,44)/t22-,25?,27+,28+,34?/m0/s1. The van der Waals surface area contributed by atoms with E-state index in [9.17, 15) is 18.0 Å². The van der Waals surface area contributed by atoms with Crippen molar-refractivity contribution in [2.24, 2.45) is 22.7 Å². The molecule has 5 atom stereocenters. The Morgan fingerprint density at radius 2 is 1.80 bits per heavy atom. The lowest BCUT2D eigenvalue weighted by molar-refractivity contribution is -0.136. The summed E-state index contributed by atoms with van der Waals surface area (Å²) in [4.78, 5) is 36.2. The van der Waals surface area contributed by atoms with Crippen molar-refractivity contribution < 1.29 is 22.7 Å². The molecule has 2 unspecified atom stereocenters. The highest BCUT2D eigenvalue weighted by Crippen LogP contribution is 2.53. The van der Waals surface area contributed by atoms with Crippen molar-refractivity contribution in [2.45, 2.75) is 69.7 Å². The van der Waals surface area contributed by atoms with Crippen LogP contribution < -0.4 is 9.46 Å². The maximum absolute atomic E-state index is 13.9. The second kappa shape index (κ2) is 13.7. The highest BCUT2D eigenvalue weighted by molar-refractivity contribution is 7.87. The number of hydrogen-bond donors (Lipinski definition) is 1. The highest BCUT2D eigenvalue weighted by atomic mass is 32.2. The Labute approximate surface area is 291 Å². The summed E-state index contributed by atoms with van der Waals surface area (Å²) in [7, 11) is 8.21. The SMILES string of the molecule is COc1ccc(C2CCCCC2)c2c1cc1n2C=C2C(=C3C[C@@H](C(=O)N(C)C)C([C@@H](C)CN(C)C)C[C@H]31)C=NC2C(=O)NS(=O)(=O)N(C)C. The zero-order valence-electron chi connectivity index (χ0n) is 30.2. The van der Waals surface area contributed by atoms with Crippen LogP contribution in [0.5, 0.6) is 5.75 Å². The summed E-state index contributed by atoms with van der Waals surface area (Å²) in [5.74, 6) is 0.665. The number of rotatable bonds is 9. The molecule has 0 bridgehead atoms. The first-order chi connectivity index (χ1) is 23.2. The van der Waals surface area contributed by atoms with E-state index < -0.39 is 22.2 Å². The lowest BCUT2D eigenvalue weighted by Crippen LogP contribution is -2.44. The van der Waals surface area contributed by atoms with E-state index in [4.69, 9.17) is 4.74 Å². The molecule has 0 spiro atoms. The van der Waals surface area contributed by atoms with Crippen molar-refractivity contribution in [3.8, 4) is 5.75 Å². The molecule has 0 radical (unpaired) electrons. The Kier molecular flexibility index (Phi) is 9.87. The third-order valence-electron chi connectivity index (χ3n) is 11.2. The van der Waals surface area contributed by atoms with Crippen LogP contribution >= 0.6 is 0 Å². The highest BCUT2D eigenvalue weighted by Gasteiger charge is 2.46. The molecule has 1 N–H and O–H groups in total. The van der Waals surface area contributed by atoms with Gasteiger partial charge in [-0.2, -0.15) is 12.7 Å². The fraction of sp³-hybridized carbons (Fsp3) is 0.595. The number of benzene rings is 1. The maximum Gasteiger partial charge on any atom is 0.303 e. The van der Waals surface area contributed by atoms with Crippen LogP contribution in [0.2, 0.25) is 0 Å². The molecular weight excluding hydrogens is 641 g/mol. The number of aliphatic imine (C=N–C) groups is 1. The first-order valence-electron chi connectivity index (χ1n) is 17.5. The van der Waals surface area contributed by atoms with Crippen molar-refractivity contribution in [1.82, 2.24) is 23.4 Å². The van der Waals surface area contributed by atoms with E-state index >= 15 is 0 Å². The minimum absolute atomic E-state index is 0.0420. The summed E-state index contributed by atoms with van der Waals surface area (Å²) >= 11 is 0. The number of carbonyl (C=O) groups excluding carboxylic acids is 2. The summed E-state index contributed by atoms with van der Waals surface area (Å²) in [6.07, 6.45) is 10.9. The molecular formula is C37H52N6O5S. The van der Waals surface area contributed by atoms with Gasteiger partial charge in [0.25, 0.3) is 5.91 Å². The molecule has 266 valence electrons. The van der Waals surface area contributed by atoms with Crippen LogP contribution in [0.25, 0.3) is 17.1 Å². The van der Waals surface area contributed by atoms with E-state index in [0.29, 0.717) is 17.9 Å². The third kappa shape index (κ3) is 6.47. The van der Waals surface area contributed by atoms with E-state index in [2.05, 4.69) is 58.4 Å². The normalized spacial score (nSPS) is 24.7. The van der Waals surface area contributed by atoms with Gasteiger partial charge in [0, 0.05) is 75.6 Å². The average molecular weight is 693 g/mol. The smallest absolute Gasteiger partial charge is 0.303 e. The van der Waals surface area contributed by atoms with Gasteiger partial charge in [0.05, 0.1) is 12.6 Å². The van der Waals surface area contributed by atoms with E-state index in [0.717, 1.165) is 63.6 Å². The van der Waals surface area contributed by atoms with Gasteiger partial charge in [0.15, 0.2) is 6.04 Å². The fourth-order valence-electron chi connectivity index (χ4n) is 8.82. The predicted molar refractivity (Wildman–Crippen MR) is 194 cm³/mol. The molecule has 12 heteroatoms. The van der Waals surface area contributed by atoms with Crippen LogP contribution in [0.3, 0.4) is 0 Å². The predicted octanol–water partition coefficient (Wildman–Crippen LogP) is 4.62. The molecule has 1 aromatic carbocycles. The van der Waals surface area contributed by atoms with Gasteiger partial charge in [-0.15, -0.1) is 0 Å². The molecule has 49 heavy (non-hydrogen) atoms. The molecule has 2 aliphatic heterocycles. The van der Waals surface area contributed by atoms with Crippen LogP contribution in [0.4, 0.5) is 0 Å². The molecule has 4 aliphatic rings. The molecule has 11 nitrogen and oxygen atoms in total. The Hall–Kier alpha value is -3.48. The van der Waals surface area contributed by atoms with Crippen LogP contribution in [-0.4, -0.2) is 107 Å². The summed E-state index contributed by atoms with van der Waals surface area (Å²) in [6, 6.07) is 5.49. The Morgan fingerprint density at radius 3 is 2.43 bits per heavy atom. The topological polar surface area (TPSA) is 117 Å². The Bertz CT molecular complexity index is 1830. The maximum atomic E-state index is 13.9. The number of fused-ring (bicyclic) bond motifs is 6. The first-order valence-corrected chi connectivity index (χ1v) is 19.0. The Balaban J connectivity index is 1.58. The molecule has 2 aliphatic carbocycles. The zero-order chi connectivity index (χ0) is 35.4. The van der Waals surface area contributed by atoms with Crippen molar-refractivity contribution in [1.29, 1.82) is 0 Å². The monoisotopic (exact) mass is 692 g/mol. The van der Waals surface area contributed by atoms with E-state index in [1.165, 1.54) is 38.9 Å². The molecule has 2 saturated carbocycles. The summed E-state index contributed by atoms with van der Waals surface area (Å²) in [5, 5.41) is 1.03. The molecule has 2 fully saturated rings. The number of hydrogen-bond acceptors (Lipinski definition) is 7. The van der Waals surface area contributed by atoms with Gasteiger partial charge in [-0.25, -0.2) is 4.72 Å². The van der Waals surface area contributed by atoms with Gasteiger partial charge in [-0.05, 0) is 80.8 Å². The van der Waals surface area contributed by atoms with E-state index in [-0.39, 0.29) is 29.6 Å². The quantitative estimate of drug-likeness (QED) is 0.410. The van der Waals surface area contributed by atoms with Crippen molar-refractivity contribution in [3.63, 3.8) is 0 Å². The van der Waals surface area contributed by atoms with Crippen LogP contribution in [0.1, 0.15) is 75.0 Å². The van der Waals surface area contributed by atoms with E-state index in [1.807, 2.05) is 20.3 Å². The minimum Gasteiger partial charge on any atom is -0.496 e. The number of nitrogens with one attached hydrogen (secondary N) is 1. The second-order valence-corrected chi connectivity index (χ2v) is 17.0. The van der Waals surface area contributed by atoms with Gasteiger partial charge in [0.2, 0.25) is 5.91 Å². The van der Waals surface area contributed by atoms with E-state index in [1.54, 1.807) is 18.2 Å². The number of carbonyl (C=O) groups is 2. The lowest BCUT2D eigenvalue weighted by atomic mass is 9.64. The van der Waals surface area contributed by atoms with Crippen molar-refractivity contribution in [2.75, 3.05) is 55.9 Å². The number of allylic oxidation sites excluding steroid dienone is 1. The first kappa shape index (κ1) is 35.3. The van der Waals surface area contributed by atoms with Crippen LogP contribution in [0.15, 0.2) is 39.9 Å². The lowest BCUT2D eigenvalue weighted by Gasteiger charge is -2.42. The second-order valence-electron chi connectivity index (χ2n) is 15.1. The summed E-state index contributed by atoms with van der Waals surface area (Å²) in [6.45, 7) is 3.11.